The maximum absolute atomic E-state index is 4.81. The number of hydrogen-bond acceptors (Lipinski definition) is 8. The Kier molecular flexibility index (Phi) is 13.3. The zero-order valence-electron chi connectivity index (χ0n) is 61.8. The molecule has 4 aromatic heterocycles. The number of pyridine rings is 4. The molecule has 0 unspecified atom stereocenters. The van der Waals surface area contributed by atoms with Gasteiger partial charge in [-0.3, -0.25) is 19.9 Å². The van der Waals surface area contributed by atoms with Crippen molar-refractivity contribution in [2.24, 2.45) is 0 Å². The summed E-state index contributed by atoms with van der Waals surface area (Å²) in [7, 11) is 0. The van der Waals surface area contributed by atoms with E-state index in [2.05, 4.69) is 297 Å². The van der Waals surface area contributed by atoms with Gasteiger partial charge in [-0.1, -0.05) is 200 Å². The van der Waals surface area contributed by atoms with E-state index in [-0.39, 0.29) is 0 Å². The Morgan fingerprint density at radius 1 is 0.188 bits per heavy atom. The van der Waals surface area contributed by atoms with E-state index in [9.17, 15) is 0 Å². The Bertz CT molecular complexity index is 6020. The second kappa shape index (κ2) is 24.0. The fraction of sp³-hybridized carbons (Fsp3) is 0.115. The van der Waals surface area contributed by atoms with Crippen molar-refractivity contribution in [1.29, 1.82) is 0 Å². The lowest BCUT2D eigenvalue weighted by Gasteiger charge is -2.39. The molecule has 0 N–H and O–H groups in total. The van der Waals surface area contributed by atoms with E-state index >= 15 is 0 Å². The summed E-state index contributed by atoms with van der Waals surface area (Å²) in [4.78, 5) is 28.5. The van der Waals surface area contributed by atoms with Crippen LogP contribution in [-0.2, 0) is 77.0 Å². The van der Waals surface area contributed by atoms with Crippen LogP contribution in [0.4, 0.5) is 68.4 Å². The van der Waals surface area contributed by atoms with Crippen LogP contribution in [0.1, 0.15) is 134 Å². The van der Waals surface area contributed by atoms with Crippen molar-refractivity contribution in [3.63, 3.8) is 0 Å². The molecule has 0 saturated carbocycles. The number of rotatable bonds is 0. The van der Waals surface area contributed by atoms with Gasteiger partial charge in [0, 0.05) is 93.7 Å². The number of hydrogen-bond donors (Lipinski definition) is 0. The number of anilines is 12. The average molecular weight is 1430 g/mol. The third kappa shape index (κ3) is 9.12. The van der Waals surface area contributed by atoms with Crippen molar-refractivity contribution in [1.82, 2.24) is 19.9 Å². The molecule has 16 aromatic rings. The molecular formula is C104H72N8. The van der Waals surface area contributed by atoms with E-state index in [1.807, 2.05) is 24.8 Å². The summed E-state index contributed by atoms with van der Waals surface area (Å²) in [5.74, 6) is 1.09. The standard InChI is InChI=1S/4C26H18N2/c1-3-7-21-16(5-1)11-18-9-10-24-22(25(18)21)13-20-15-27-14-19-12-17-6-2-4-8-23(17)28(24)26(19)20;1-3-7-20-16(5-1)13-18-9-10-24-21(25(18)20)14-19-11-12-27-22-15-17-6-2-4-8-23(17)28(24)26(19)22;1-2-9-21-16(5-1)13-17-10-11-23-22(24(17)21)15-19-7-3-6-18-14-20-8-4-12-27-26(20)28(23)25(18)19;1-2-7-21-16(4-1)12-18-8-9-23-22(25(18)21)14-20-6-3-5-19-13-17-10-11-27-15-24(17)28(23)26(19)20/h1-10,14-15H,11-13H2;2*1-12H,13-15H2;1-11,15H,12-14H2. The Morgan fingerprint density at radius 3 is 1.06 bits per heavy atom. The van der Waals surface area contributed by atoms with E-state index in [0.29, 0.717) is 0 Å². The van der Waals surface area contributed by atoms with Crippen LogP contribution in [0.25, 0.3) is 44.5 Å². The Hall–Kier alpha value is -13.6. The van der Waals surface area contributed by atoms with Crippen LogP contribution in [0.5, 0.6) is 0 Å². The van der Waals surface area contributed by atoms with Gasteiger partial charge in [-0.25, -0.2) is 4.98 Å². The summed E-state index contributed by atoms with van der Waals surface area (Å²) in [6.45, 7) is 0. The molecule has 528 valence electrons. The van der Waals surface area contributed by atoms with Crippen molar-refractivity contribution < 1.29 is 0 Å². The molecule has 4 aliphatic carbocycles. The fourth-order valence-electron chi connectivity index (χ4n) is 21.6. The highest BCUT2D eigenvalue weighted by Gasteiger charge is 2.41. The van der Waals surface area contributed by atoms with E-state index in [1.165, 1.54) is 241 Å². The molecule has 112 heavy (non-hydrogen) atoms. The fourth-order valence-corrected chi connectivity index (χ4v) is 21.6. The molecule has 0 amide bonds. The number of benzene rings is 12. The highest BCUT2D eigenvalue weighted by Crippen LogP contribution is 2.60. The summed E-state index contributed by atoms with van der Waals surface area (Å²) < 4.78 is 0. The second-order valence-electron chi connectivity index (χ2n) is 32.2. The molecule has 0 radical (unpaired) electrons. The molecule has 0 saturated heterocycles. The normalized spacial score (nSPS) is 14.6. The quantitative estimate of drug-likeness (QED) is 0.149. The highest BCUT2D eigenvalue weighted by atomic mass is 15.2. The molecular weight excluding hydrogens is 1360 g/mol. The van der Waals surface area contributed by atoms with Crippen molar-refractivity contribution in [3.8, 4) is 44.5 Å². The number of nitrogens with zero attached hydrogens (tertiary/aromatic N) is 8. The van der Waals surface area contributed by atoms with Gasteiger partial charge in [-0.05, 0) is 253 Å². The topological polar surface area (TPSA) is 64.5 Å². The Morgan fingerprint density at radius 2 is 0.536 bits per heavy atom. The molecule has 0 atom stereocenters. The smallest absolute Gasteiger partial charge is 0.141 e. The van der Waals surface area contributed by atoms with Gasteiger partial charge in [-0.15, -0.1) is 0 Å². The van der Waals surface area contributed by atoms with Crippen molar-refractivity contribution in [2.75, 3.05) is 19.6 Å². The van der Waals surface area contributed by atoms with Crippen LogP contribution in [0.15, 0.2) is 292 Å². The lowest BCUT2D eigenvalue weighted by Crippen LogP contribution is -2.25. The van der Waals surface area contributed by atoms with Gasteiger partial charge in [0.2, 0.25) is 0 Å². The van der Waals surface area contributed by atoms with E-state index in [0.717, 1.165) is 82.9 Å². The monoisotopic (exact) mass is 1430 g/mol. The number of fused-ring (bicyclic) bond motifs is 32. The first kappa shape index (κ1) is 62.3. The molecule has 28 rings (SSSR count). The zero-order valence-corrected chi connectivity index (χ0v) is 61.8. The minimum absolute atomic E-state index is 0.916. The third-order valence-corrected chi connectivity index (χ3v) is 26.2. The first-order chi connectivity index (χ1) is 55.5. The molecule has 8 heteroatoms. The highest BCUT2D eigenvalue weighted by molar-refractivity contribution is 5.99. The molecule has 12 aromatic carbocycles. The van der Waals surface area contributed by atoms with Crippen LogP contribution in [0, 0.1) is 0 Å². The predicted molar refractivity (Wildman–Crippen MR) is 451 cm³/mol. The van der Waals surface area contributed by atoms with Crippen LogP contribution < -0.4 is 19.6 Å². The first-order valence-electron chi connectivity index (χ1n) is 39.8. The molecule has 12 heterocycles. The first-order valence-corrected chi connectivity index (χ1v) is 39.8. The summed E-state index contributed by atoms with van der Waals surface area (Å²) in [6.07, 6.45) is 23.9. The van der Waals surface area contributed by atoms with Gasteiger partial charge in [0.15, 0.2) is 0 Å². The molecule has 8 nitrogen and oxygen atoms in total. The van der Waals surface area contributed by atoms with Crippen LogP contribution in [0.2, 0.25) is 0 Å². The SMILES string of the molecule is c1ccc2c(c1)Cc1ccc3c(c1-2)Cc1cccc2c1N3c1cnccc1C2.c1ccc2c(c1)Cc1ccc3c(c1-2)Cc1cccc2c1N3c1ncccc1C2.c1ccc2c(c1)Cc1ccc3c(c1-2)Cc1ccnc2c1N3c1ccccc1C2.c1ccc2c(c1)Cc1ccc3c(c1-2)Cc1cncc2c1N3c1ccccc1C2. The van der Waals surface area contributed by atoms with E-state index in [1.54, 1.807) is 0 Å². The van der Waals surface area contributed by atoms with Crippen molar-refractivity contribution >= 4 is 68.4 Å². The van der Waals surface area contributed by atoms with Crippen LogP contribution >= 0.6 is 0 Å². The molecule has 12 aliphatic rings. The summed E-state index contributed by atoms with van der Waals surface area (Å²) in [6, 6.07) is 94.1. The molecule has 0 bridgehead atoms. The third-order valence-electron chi connectivity index (χ3n) is 26.2. The second-order valence-corrected chi connectivity index (χ2v) is 32.2. The summed E-state index contributed by atoms with van der Waals surface area (Å²) in [5.41, 5.74) is 59.8. The lowest BCUT2D eigenvalue weighted by molar-refractivity contribution is 0.960. The summed E-state index contributed by atoms with van der Waals surface area (Å²) in [5, 5.41) is 0. The molecule has 0 fully saturated rings. The van der Waals surface area contributed by atoms with Crippen LogP contribution in [0.3, 0.4) is 0 Å². The Labute approximate surface area is 651 Å². The zero-order chi connectivity index (χ0) is 73.0. The number of para-hydroxylation sites is 4. The van der Waals surface area contributed by atoms with Gasteiger partial charge in [0.25, 0.3) is 0 Å². The minimum Gasteiger partial charge on any atom is -0.309 e. The van der Waals surface area contributed by atoms with E-state index < -0.39 is 0 Å². The van der Waals surface area contributed by atoms with Crippen molar-refractivity contribution in [2.45, 2.75) is 77.0 Å². The Balaban J connectivity index is 0.0000000847. The average Bonchev–Trinajstić information content (AvgIpc) is 1.28. The lowest BCUT2D eigenvalue weighted by atomic mass is 9.84. The van der Waals surface area contributed by atoms with Crippen molar-refractivity contribution in [3.05, 3.63) is 426 Å². The molecule has 0 spiro atoms. The molecule has 8 aliphatic heterocycles. The largest absolute Gasteiger partial charge is 0.309 e. The van der Waals surface area contributed by atoms with Gasteiger partial charge >= 0.3 is 0 Å². The van der Waals surface area contributed by atoms with Gasteiger partial charge in [0.1, 0.15) is 5.82 Å². The van der Waals surface area contributed by atoms with Gasteiger partial charge in [0.05, 0.1) is 63.1 Å². The summed E-state index contributed by atoms with van der Waals surface area (Å²) >= 11 is 0. The maximum Gasteiger partial charge on any atom is 0.141 e. The van der Waals surface area contributed by atoms with Gasteiger partial charge < -0.3 is 14.7 Å². The number of aromatic nitrogens is 4. The van der Waals surface area contributed by atoms with Crippen LogP contribution in [-0.4, -0.2) is 19.9 Å². The van der Waals surface area contributed by atoms with Gasteiger partial charge in [-0.2, -0.15) is 0 Å². The van der Waals surface area contributed by atoms with E-state index in [4.69, 9.17) is 9.97 Å². The minimum atomic E-state index is 0.916. The predicted octanol–water partition coefficient (Wildman–Crippen LogP) is 23.7. The maximum atomic E-state index is 4.81.